The van der Waals surface area contributed by atoms with Gasteiger partial charge >= 0.3 is 5.97 Å². The summed E-state index contributed by atoms with van der Waals surface area (Å²) < 4.78 is 0. The normalized spacial score (nSPS) is 15.5. The fourth-order valence-corrected chi connectivity index (χ4v) is 3.18. The van der Waals surface area contributed by atoms with Crippen molar-refractivity contribution in [1.82, 2.24) is 14.8 Å². The summed E-state index contributed by atoms with van der Waals surface area (Å²) in [5.41, 5.74) is 2.46. The van der Waals surface area contributed by atoms with Crippen molar-refractivity contribution in [2.75, 3.05) is 26.2 Å². The first kappa shape index (κ1) is 18.1. The van der Waals surface area contributed by atoms with Gasteiger partial charge in [0.05, 0.1) is 6.42 Å². The Balaban J connectivity index is 1.55. The predicted octanol–water partition coefficient (Wildman–Crippen LogP) is 2.06. The Morgan fingerprint density at radius 2 is 1.73 bits per heavy atom. The van der Waals surface area contributed by atoms with Crippen LogP contribution >= 0.6 is 0 Å². The molecule has 6 heteroatoms. The minimum absolute atomic E-state index is 0.00882. The highest BCUT2D eigenvalue weighted by Crippen LogP contribution is 2.12. The third-order valence-electron chi connectivity index (χ3n) is 4.54. The summed E-state index contributed by atoms with van der Waals surface area (Å²) >= 11 is 0. The van der Waals surface area contributed by atoms with Gasteiger partial charge in [0.25, 0.3) is 5.91 Å². The maximum atomic E-state index is 12.5. The molecule has 0 spiro atoms. The van der Waals surface area contributed by atoms with Crippen LogP contribution < -0.4 is 0 Å². The highest BCUT2D eigenvalue weighted by molar-refractivity contribution is 5.92. The molecule has 1 aromatic heterocycles. The Hall–Kier alpha value is -2.73. The minimum atomic E-state index is -0.817. The van der Waals surface area contributed by atoms with Crippen molar-refractivity contribution >= 4 is 11.9 Å². The van der Waals surface area contributed by atoms with E-state index in [4.69, 9.17) is 5.11 Å². The van der Waals surface area contributed by atoms with Gasteiger partial charge in [0.15, 0.2) is 0 Å². The summed E-state index contributed by atoms with van der Waals surface area (Å²) in [6.45, 7) is 3.98. The molecule has 0 radical (unpaired) electrons. The third-order valence-corrected chi connectivity index (χ3v) is 4.54. The van der Waals surface area contributed by atoms with Crippen molar-refractivity contribution in [3.8, 4) is 0 Å². The summed E-state index contributed by atoms with van der Waals surface area (Å²) in [6.07, 6.45) is 2.62. The second-order valence-corrected chi connectivity index (χ2v) is 6.52. The number of hydrogen-bond acceptors (Lipinski definition) is 4. The molecule has 1 fully saturated rings. The number of carboxylic acid groups (broad SMARTS) is 1. The van der Waals surface area contributed by atoms with E-state index in [1.54, 1.807) is 12.3 Å². The number of aliphatic carboxylic acids is 1. The predicted molar refractivity (Wildman–Crippen MR) is 97.8 cm³/mol. The molecule has 0 aliphatic carbocycles. The number of carboxylic acids is 1. The summed E-state index contributed by atoms with van der Waals surface area (Å²) in [4.78, 5) is 31.7. The number of carbonyl (C=O) groups is 2. The van der Waals surface area contributed by atoms with Crippen molar-refractivity contribution in [2.45, 2.75) is 19.4 Å². The van der Waals surface area contributed by atoms with Crippen LogP contribution in [0.2, 0.25) is 0 Å². The molecular formula is C20H23N3O3. The zero-order valence-corrected chi connectivity index (χ0v) is 14.7. The molecule has 1 aliphatic rings. The zero-order valence-electron chi connectivity index (χ0n) is 14.7. The standard InChI is InChI=1S/C20H23N3O3/c24-19(25)14-16-5-7-17(8-6-16)15-22-10-3-11-23(13-12-22)20(26)18-4-1-2-9-21-18/h1-2,4-9H,3,10-15H2,(H,24,25). The molecule has 0 atom stereocenters. The lowest BCUT2D eigenvalue weighted by Crippen LogP contribution is -2.35. The number of benzene rings is 1. The van der Waals surface area contributed by atoms with Gasteiger partial charge in [-0.3, -0.25) is 19.5 Å². The lowest BCUT2D eigenvalue weighted by Gasteiger charge is -2.22. The fourth-order valence-electron chi connectivity index (χ4n) is 3.18. The monoisotopic (exact) mass is 353 g/mol. The molecule has 1 amide bonds. The maximum Gasteiger partial charge on any atom is 0.307 e. The van der Waals surface area contributed by atoms with E-state index in [9.17, 15) is 9.59 Å². The molecule has 0 bridgehead atoms. The number of pyridine rings is 1. The van der Waals surface area contributed by atoms with Gasteiger partial charge in [-0.1, -0.05) is 30.3 Å². The van der Waals surface area contributed by atoms with E-state index in [-0.39, 0.29) is 12.3 Å². The Morgan fingerprint density at radius 1 is 0.962 bits per heavy atom. The van der Waals surface area contributed by atoms with Crippen LogP contribution in [0.15, 0.2) is 48.7 Å². The molecule has 2 aromatic rings. The molecule has 1 N–H and O–H groups in total. The first-order chi connectivity index (χ1) is 12.6. The number of carbonyl (C=O) groups excluding carboxylic acids is 1. The Kier molecular flexibility index (Phi) is 5.96. The highest BCUT2D eigenvalue weighted by Gasteiger charge is 2.21. The van der Waals surface area contributed by atoms with E-state index in [1.165, 1.54) is 0 Å². The summed E-state index contributed by atoms with van der Waals surface area (Å²) in [5, 5.41) is 8.84. The van der Waals surface area contributed by atoms with Gasteiger partial charge in [0.2, 0.25) is 0 Å². The Morgan fingerprint density at radius 3 is 2.42 bits per heavy atom. The summed E-state index contributed by atoms with van der Waals surface area (Å²) in [5.74, 6) is -0.826. The molecule has 26 heavy (non-hydrogen) atoms. The zero-order chi connectivity index (χ0) is 18.4. The van der Waals surface area contributed by atoms with E-state index >= 15 is 0 Å². The van der Waals surface area contributed by atoms with E-state index in [2.05, 4.69) is 9.88 Å². The van der Waals surface area contributed by atoms with Crippen LogP contribution in [-0.2, 0) is 17.8 Å². The largest absolute Gasteiger partial charge is 0.481 e. The molecule has 1 aliphatic heterocycles. The average Bonchev–Trinajstić information content (AvgIpc) is 2.89. The van der Waals surface area contributed by atoms with Gasteiger partial charge < -0.3 is 10.0 Å². The van der Waals surface area contributed by atoms with Crippen molar-refractivity contribution in [1.29, 1.82) is 0 Å². The topological polar surface area (TPSA) is 73.7 Å². The molecule has 136 valence electrons. The fraction of sp³-hybridized carbons (Fsp3) is 0.350. The van der Waals surface area contributed by atoms with Crippen LogP contribution in [0.4, 0.5) is 0 Å². The first-order valence-electron chi connectivity index (χ1n) is 8.84. The van der Waals surface area contributed by atoms with E-state index in [0.29, 0.717) is 12.2 Å². The second-order valence-electron chi connectivity index (χ2n) is 6.52. The number of hydrogen-bond donors (Lipinski definition) is 1. The summed E-state index contributed by atoms with van der Waals surface area (Å²) in [7, 11) is 0. The van der Waals surface area contributed by atoms with Gasteiger partial charge in [0, 0.05) is 38.9 Å². The smallest absolute Gasteiger partial charge is 0.307 e. The molecule has 6 nitrogen and oxygen atoms in total. The van der Waals surface area contributed by atoms with Crippen LogP contribution in [0.5, 0.6) is 0 Å². The number of rotatable bonds is 5. The molecule has 1 aromatic carbocycles. The van der Waals surface area contributed by atoms with Gasteiger partial charge in [-0.2, -0.15) is 0 Å². The average molecular weight is 353 g/mol. The van der Waals surface area contributed by atoms with Crippen LogP contribution in [0.3, 0.4) is 0 Å². The molecular weight excluding hydrogens is 330 g/mol. The number of nitrogens with zero attached hydrogens (tertiary/aromatic N) is 3. The van der Waals surface area contributed by atoms with Gasteiger partial charge in [-0.25, -0.2) is 0 Å². The third kappa shape index (κ3) is 4.89. The van der Waals surface area contributed by atoms with Crippen LogP contribution in [0.1, 0.15) is 28.0 Å². The lowest BCUT2D eigenvalue weighted by molar-refractivity contribution is -0.136. The van der Waals surface area contributed by atoms with Gasteiger partial charge in [-0.05, 0) is 29.7 Å². The molecule has 1 saturated heterocycles. The van der Waals surface area contributed by atoms with E-state index in [0.717, 1.165) is 43.7 Å². The Bertz CT molecular complexity index is 747. The number of amides is 1. The van der Waals surface area contributed by atoms with Crippen molar-refractivity contribution in [2.24, 2.45) is 0 Å². The molecule has 3 rings (SSSR count). The second kappa shape index (κ2) is 8.58. The van der Waals surface area contributed by atoms with Crippen molar-refractivity contribution in [3.63, 3.8) is 0 Å². The van der Waals surface area contributed by atoms with Crippen LogP contribution in [-0.4, -0.2) is 57.9 Å². The van der Waals surface area contributed by atoms with Crippen LogP contribution in [0, 0.1) is 0 Å². The van der Waals surface area contributed by atoms with Gasteiger partial charge in [-0.15, -0.1) is 0 Å². The molecule has 0 unspecified atom stereocenters. The first-order valence-corrected chi connectivity index (χ1v) is 8.84. The minimum Gasteiger partial charge on any atom is -0.481 e. The quantitative estimate of drug-likeness (QED) is 0.891. The van der Waals surface area contributed by atoms with Gasteiger partial charge in [0.1, 0.15) is 5.69 Å². The van der Waals surface area contributed by atoms with E-state index < -0.39 is 5.97 Å². The summed E-state index contributed by atoms with van der Waals surface area (Å²) in [6, 6.07) is 13.1. The van der Waals surface area contributed by atoms with Crippen molar-refractivity contribution in [3.05, 3.63) is 65.5 Å². The number of aromatic nitrogens is 1. The van der Waals surface area contributed by atoms with Crippen LogP contribution in [0.25, 0.3) is 0 Å². The van der Waals surface area contributed by atoms with Crippen molar-refractivity contribution < 1.29 is 14.7 Å². The Labute approximate surface area is 153 Å². The molecule has 0 saturated carbocycles. The SMILES string of the molecule is O=C(O)Cc1ccc(CN2CCCN(C(=O)c3ccccn3)CC2)cc1. The lowest BCUT2D eigenvalue weighted by atomic mass is 10.1. The highest BCUT2D eigenvalue weighted by atomic mass is 16.4. The molecule has 2 heterocycles. The maximum absolute atomic E-state index is 12.5. The van der Waals surface area contributed by atoms with E-state index in [1.807, 2.05) is 41.3 Å².